The molecule has 2 atom stereocenters. The summed E-state index contributed by atoms with van der Waals surface area (Å²) in [5.41, 5.74) is 2.73. The van der Waals surface area contributed by atoms with Crippen LogP contribution >= 0.6 is 0 Å². The Morgan fingerprint density at radius 1 is 1.26 bits per heavy atom. The van der Waals surface area contributed by atoms with E-state index in [4.69, 9.17) is 4.42 Å². The van der Waals surface area contributed by atoms with E-state index in [0.717, 1.165) is 11.3 Å². The molecule has 3 amide bonds. The average molecular weight is 419 g/mol. The monoisotopic (exact) mass is 419 g/mol. The van der Waals surface area contributed by atoms with Gasteiger partial charge in [-0.25, -0.2) is 0 Å². The van der Waals surface area contributed by atoms with Crippen molar-refractivity contribution in [1.29, 1.82) is 0 Å². The Bertz CT molecular complexity index is 1180. The summed E-state index contributed by atoms with van der Waals surface area (Å²) in [6.07, 6.45) is 2.05. The van der Waals surface area contributed by atoms with Gasteiger partial charge in [-0.3, -0.25) is 19.1 Å². The third-order valence-corrected chi connectivity index (χ3v) is 5.90. The molecule has 0 saturated carbocycles. The maximum absolute atomic E-state index is 13.3. The second kappa shape index (κ2) is 7.12. The molecule has 31 heavy (non-hydrogen) atoms. The van der Waals surface area contributed by atoms with Crippen molar-refractivity contribution in [1.82, 2.24) is 20.0 Å². The van der Waals surface area contributed by atoms with Crippen LogP contribution in [0.2, 0.25) is 0 Å². The van der Waals surface area contributed by atoms with Crippen LogP contribution in [0.5, 0.6) is 0 Å². The number of nitrogens with zero attached hydrogens (tertiary/aromatic N) is 3. The number of aromatic nitrogens is 2. The molecule has 4 heterocycles. The molecule has 158 valence electrons. The van der Waals surface area contributed by atoms with Crippen LogP contribution in [-0.2, 0) is 11.8 Å². The number of aryl methyl sites for hydroxylation is 2. The van der Waals surface area contributed by atoms with Crippen LogP contribution in [0.15, 0.2) is 47.1 Å². The van der Waals surface area contributed by atoms with Crippen molar-refractivity contribution in [2.75, 3.05) is 11.9 Å². The topological polar surface area (TPSA) is 109 Å². The van der Waals surface area contributed by atoms with Gasteiger partial charge >= 0.3 is 0 Å². The maximum Gasteiger partial charge on any atom is 0.272 e. The molecule has 1 saturated heterocycles. The number of benzene rings is 1. The summed E-state index contributed by atoms with van der Waals surface area (Å²) in [6.45, 7) is 2.22. The molecular weight excluding hydrogens is 398 g/mol. The second-order valence-electron chi connectivity index (χ2n) is 7.83. The zero-order valence-electron chi connectivity index (χ0n) is 17.1. The van der Waals surface area contributed by atoms with Crippen LogP contribution < -0.4 is 10.6 Å². The molecule has 0 unspecified atom stereocenters. The van der Waals surface area contributed by atoms with Crippen molar-refractivity contribution >= 4 is 23.4 Å². The van der Waals surface area contributed by atoms with E-state index in [9.17, 15) is 14.4 Å². The van der Waals surface area contributed by atoms with Gasteiger partial charge in [0, 0.05) is 24.8 Å². The summed E-state index contributed by atoms with van der Waals surface area (Å²) in [5.74, 6) is -0.298. The molecule has 2 aliphatic rings. The van der Waals surface area contributed by atoms with Gasteiger partial charge < -0.3 is 20.0 Å². The Labute approximate surface area is 178 Å². The van der Waals surface area contributed by atoms with Crippen molar-refractivity contribution < 1.29 is 18.8 Å². The van der Waals surface area contributed by atoms with E-state index in [1.165, 1.54) is 4.90 Å². The van der Waals surface area contributed by atoms with Gasteiger partial charge in [-0.15, -0.1) is 0 Å². The third kappa shape index (κ3) is 3.18. The molecule has 1 fully saturated rings. The number of carbonyl (C=O) groups excluding carboxylic acids is 3. The fourth-order valence-corrected chi connectivity index (χ4v) is 4.20. The molecule has 9 nitrogen and oxygen atoms in total. The number of amides is 3. The number of anilines is 1. The van der Waals surface area contributed by atoms with Crippen molar-refractivity contribution in [2.45, 2.75) is 25.4 Å². The first-order valence-corrected chi connectivity index (χ1v) is 10.0. The largest absolute Gasteiger partial charge is 0.464 e. The lowest BCUT2D eigenvalue weighted by atomic mass is 10.1. The number of hydrogen-bond donors (Lipinski definition) is 2. The van der Waals surface area contributed by atoms with Gasteiger partial charge in [0.1, 0.15) is 17.5 Å². The average Bonchev–Trinajstić information content (AvgIpc) is 3.47. The Morgan fingerprint density at radius 2 is 2.10 bits per heavy atom. The van der Waals surface area contributed by atoms with E-state index in [0.29, 0.717) is 30.0 Å². The van der Waals surface area contributed by atoms with Gasteiger partial charge in [0.15, 0.2) is 0 Å². The molecule has 2 N–H and O–H groups in total. The summed E-state index contributed by atoms with van der Waals surface area (Å²) < 4.78 is 7.05. The van der Waals surface area contributed by atoms with E-state index >= 15 is 0 Å². The SMILES string of the molecule is Cc1cc(C(=O)N[C@H]2CCN3C(=O)c4cc(-c5ccco5)ccc4NC(=O)[C@H]23)nn1C. The molecule has 9 heteroatoms. The lowest BCUT2D eigenvalue weighted by Gasteiger charge is -2.24. The standard InChI is InChI=1S/C22H21N5O4/c1-12-10-17(25-26(12)2)20(28)24-16-7-8-27-19(16)21(29)23-15-6-5-13(11-14(15)22(27)30)18-4-3-9-31-18/h3-6,9-11,16,19H,7-8H2,1-2H3,(H,23,29)(H,24,28)/t16-,19-/m0/s1. The summed E-state index contributed by atoms with van der Waals surface area (Å²) >= 11 is 0. The predicted octanol–water partition coefficient (Wildman–Crippen LogP) is 1.95. The maximum atomic E-state index is 13.3. The van der Waals surface area contributed by atoms with Crippen molar-refractivity contribution in [3.8, 4) is 11.3 Å². The molecule has 2 aliphatic heterocycles. The zero-order valence-corrected chi connectivity index (χ0v) is 17.1. The minimum absolute atomic E-state index is 0.253. The minimum Gasteiger partial charge on any atom is -0.464 e. The molecule has 3 aromatic rings. The van der Waals surface area contributed by atoms with E-state index in [1.54, 1.807) is 48.3 Å². The molecule has 2 aromatic heterocycles. The van der Waals surface area contributed by atoms with Gasteiger partial charge in [-0.05, 0) is 49.7 Å². The molecule has 5 rings (SSSR count). The van der Waals surface area contributed by atoms with Crippen LogP contribution in [0, 0.1) is 6.92 Å². The molecular formula is C22H21N5O4. The number of hydrogen-bond acceptors (Lipinski definition) is 5. The van der Waals surface area contributed by atoms with Crippen molar-refractivity contribution in [3.05, 3.63) is 59.6 Å². The number of carbonyl (C=O) groups is 3. The smallest absolute Gasteiger partial charge is 0.272 e. The molecule has 0 spiro atoms. The van der Waals surface area contributed by atoms with Gasteiger partial charge in [0.05, 0.1) is 23.6 Å². The first kappa shape index (κ1) is 19.1. The lowest BCUT2D eigenvalue weighted by Crippen LogP contribution is -2.51. The number of fused-ring (bicyclic) bond motifs is 2. The first-order chi connectivity index (χ1) is 14.9. The van der Waals surface area contributed by atoms with E-state index in [-0.39, 0.29) is 23.4 Å². The van der Waals surface area contributed by atoms with Crippen LogP contribution in [-0.4, -0.2) is 51.0 Å². The van der Waals surface area contributed by atoms with Gasteiger partial charge in [-0.1, -0.05) is 0 Å². The molecule has 0 radical (unpaired) electrons. The van der Waals surface area contributed by atoms with Crippen LogP contribution in [0.3, 0.4) is 0 Å². The third-order valence-electron chi connectivity index (χ3n) is 5.90. The normalized spacial score (nSPS) is 20.1. The Hall–Kier alpha value is -3.88. The molecule has 0 bridgehead atoms. The van der Waals surface area contributed by atoms with E-state index in [2.05, 4.69) is 15.7 Å². The highest BCUT2D eigenvalue weighted by Crippen LogP contribution is 2.32. The molecule has 1 aromatic carbocycles. The summed E-state index contributed by atoms with van der Waals surface area (Å²) in [6, 6.07) is 9.20. The van der Waals surface area contributed by atoms with Crippen molar-refractivity contribution in [3.63, 3.8) is 0 Å². The van der Waals surface area contributed by atoms with Gasteiger partial charge in [-0.2, -0.15) is 5.10 Å². The van der Waals surface area contributed by atoms with E-state index < -0.39 is 12.1 Å². The second-order valence-corrected chi connectivity index (χ2v) is 7.83. The quantitative estimate of drug-likeness (QED) is 0.674. The molecule has 0 aliphatic carbocycles. The highest BCUT2D eigenvalue weighted by molar-refractivity contribution is 6.11. The zero-order chi connectivity index (χ0) is 21.7. The van der Waals surface area contributed by atoms with Gasteiger partial charge in [0.2, 0.25) is 5.91 Å². The first-order valence-electron chi connectivity index (χ1n) is 10.0. The Kier molecular flexibility index (Phi) is 4.39. The summed E-state index contributed by atoms with van der Waals surface area (Å²) in [5, 5.41) is 9.93. The summed E-state index contributed by atoms with van der Waals surface area (Å²) in [4.78, 5) is 40.5. The van der Waals surface area contributed by atoms with E-state index in [1.807, 2.05) is 13.0 Å². The van der Waals surface area contributed by atoms with Crippen LogP contribution in [0.4, 0.5) is 5.69 Å². The summed E-state index contributed by atoms with van der Waals surface area (Å²) in [7, 11) is 1.76. The van der Waals surface area contributed by atoms with Crippen molar-refractivity contribution in [2.24, 2.45) is 7.05 Å². The fourth-order valence-electron chi connectivity index (χ4n) is 4.20. The fraction of sp³-hybridized carbons (Fsp3) is 0.273. The number of rotatable bonds is 3. The number of furan rings is 1. The highest BCUT2D eigenvalue weighted by Gasteiger charge is 2.45. The van der Waals surface area contributed by atoms with Gasteiger partial charge in [0.25, 0.3) is 11.8 Å². The van der Waals surface area contributed by atoms with Crippen LogP contribution in [0.25, 0.3) is 11.3 Å². The predicted molar refractivity (Wildman–Crippen MR) is 111 cm³/mol. The lowest BCUT2D eigenvalue weighted by molar-refractivity contribution is -0.120. The van der Waals surface area contributed by atoms with Crippen LogP contribution in [0.1, 0.15) is 33.0 Å². The minimum atomic E-state index is -0.791. The Morgan fingerprint density at radius 3 is 2.81 bits per heavy atom. The Balaban J connectivity index is 1.42. The number of nitrogens with one attached hydrogen (secondary N) is 2. The highest BCUT2D eigenvalue weighted by atomic mass is 16.3.